The van der Waals surface area contributed by atoms with Crippen LogP contribution in [0.25, 0.3) is 0 Å². The normalized spacial score (nSPS) is 18.3. The van der Waals surface area contributed by atoms with Gasteiger partial charge < -0.3 is 5.32 Å². The van der Waals surface area contributed by atoms with Crippen LogP contribution in [0.15, 0.2) is 29.3 Å². The molecule has 21 heavy (non-hydrogen) atoms. The Morgan fingerprint density at radius 3 is 2.95 bits per heavy atom. The summed E-state index contributed by atoms with van der Waals surface area (Å²) in [6, 6.07) is 8.12. The molecule has 0 aliphatic carbocycles. The highest BCUT2D eigenvalue weighted by atomic mass is 35.5. The van der Waals surface area contributed by atoms with Crippen LogP contribution in [0, 0.1) is 6.92 Å². The van der Waals surface area contributed by atoms with Gasteiger partial charge in [0.25, 0.3) is 0 Å². The third kappa shape index (κ3) is 2.68. The SMILES string of the molecule is Cc1nn(C)c2c1C(c1cccc(Cl)c1)=NC(C)CCN2. The zero-order valence-corrected chi connectivity index (χ0v) is 13.3. The van der Waals surface area contributed by atoms with Crippen LogP contribution in [-0.4, -0.2) is 28.1 Å². The third-order valence-corrected chi connectivity index (χ3v) is 4.00. The molecule has 0 spiro atoms. The zero-order valence-electron chi connectivity index (χ0n) is 12.5. The van der Waals surface area contributed by atoms with Gasteiger partial charge in [0.1, 0.15) is 5.82 Å². The van der Waals surface area contributed by atoms with Crippen LogP contribution < -0.4 is 5.32 Å². The van der Waals surface area contributed by atoms with Gasteiger partial charge in [-0.3, -0.25) is 9.67 Å². The fourth-order valence-corrected chi connectivity index (χ4v) is 2.94. The van der Waals surface area contributed by atoms with Crippen LogP contribution in [0.1, 0.15) is 30.2 Å². The fraction of sp³-hybridized carbons (Fsp3) is 0.375. The Hall–Kier alpha value is -1.81. The van der Waals surface area contributed by atoms with Crippen LogP contribution in [0.2, 0.25) is 5.02 Å². The van der Waals surface area contributed by atoms with Crippen molar-refractivity contribution in [3.05, 3.63) is 46.1 Å². The summed E-state index contributed by atoms with van der Waals surface area (Å²) in [5.74, 6) is 1.03. The van der Waals surface area contributed by atoms with Gasteiger partial charge in [0.15, 0.2) is 0 Å². The quantitative estimate of drug-likeness (QED) is 0.877. The lowest BCUT2D eigenvalue weighted by Crippen LogP contribution is -2.19. The molecule has 1 atom stereocenters. The van der Waals surface area contributed by atoms with Gasteiger partial charge in [0.2, 0.25) is 0 Å². The summed E-state index contributed by atoms with van der Waals surface area (Å²) < 4.78 is 1.89. The van der Waals surface area contributed by atoms with Crippen LogP contribution in [-0.2, 0) is 7.05 Å². The summed E-state index contributed by atoms with van der Waals surface area (Å²) in [5.41, 5.74) is 4.06. The Bertz CT molecular complexity index is 702. The highest BCUT2D eigenvalue weighted by molar-refractivity contribution is 6.31. The summed E-state index contributed by atoms with van der Waals surface area (Å²) in [6.45, 7) is 5.06. The van der Waals surface area contributed by atoms with E-state index in [1.54, 1.807) is 0 Å². The molecule has 3 rings (SSSR count). The minimum atomic E-state index is 0.263. The molecule has 1 aromatic carbocycles. The zero-order chi connectivity index (χ0) is 15.0. The first-order valence-corrected chi connectivity index (χ1v) is 7.55. The van der Waals surface area contributed by atoms with E-state index in [4.69, 9.17) is 16.6 Å². The summed E-state index contributed by atoms with van der Waals surface area (Å²) >= 11 is 6.15. The molecule has 0 fully saturated rings. The lowest BCUT2D eigenvalue weighted by Gasteiger charge is -2.18. The van der Waals surface area contributed by atoms with Crippen LogP contribution in [0.4, 0.5) is 5.82 Å². The van der Waals surface area contributed by atoms with Gasteiger partial charge in [-0.25, -0.2) is 0 Å². The number of rotatable bonds is 1. The number of nitrogens with one attached hydrogen (secondary N) is 1. The Kier molecular flexibility index (Phi) is 3.72. The van der Waals surface area contributed by atoms with Gasteiger partial charge in [-0.2, -0.15) is 5.10 Å². The average Bonchev–Trinajstić information content (AvgIpc) is 2.68. The summed E-state index contributed by atoms with van der Waals surface area (Å²) in [6.07, 6.45) is 0.994. The van der Waals surface area contributed by atoms with E-state index in [0.717, 1.165) is 46.3 Å². The van der Waals surface area contributed by atoms with Crippen molar-refractivity contribution in [1.82, 2.24) is 9.78 Å². The second-order valence-corrected chi connectivity index (χ2v) is 5.92. The molecule has 4 nitrogen and oxygen atoms in total. The number of fused-ring (bicyclic) bond motifs is 1. The minimum absolute atomic E-state index is 0.263. The lowest BCUT2D eigenvalue weighted by molar-refractivity contribution is 0.681. The number of aromatic nitrogens is 2. The van der Waals surface area contributed by atoms with E-state index in [0.29, 0.717) is 0 Å². The van der Waals surface area contributed by atoms with E-state index in [1.165, 1.54) is 0 Å². The van der Waals surface area contributed by atoms with E-state index in [2.05, 4.69) is 23.4 Å². The molecule has 0 saturated carbocycles. The second kappa shape index (κ2) is 5.53. The van der Waals surface area contributed by atoms with Crippen LogP contribution >= 0.6 is 11.6 Å². The molecule has 0 bridgehead atoms. The summed E-state index contributed by atoms with van der Waals surface area (Å²) in [7, 11) is 1.96. The maximum absolute atomic E-state index is 6.15. The number of hydrogen-bond acceptors (Lipinski definition) is 3. The number of halogens is 1. The molecule has 1 unspecified atom stereocenters. The Labute approximate surface area is 129 Å². The average molecular weight is 303 g/mol. The lowest BCUT2D eigenvalue weighted by atomic mass is 10.0. The van der Waals surface area contributed by atoms with E-state index in [9.17, 15) is 0 Å². The molecule has 1 aliphatic heterocycles. The van der Waals surface area contributed by atoms with Crippen LogP contribution in [0.5, 0.6) is 0 Å². The molecule has 110 valence electrons. The third-order valence-electron chi connectivity index (χ3n) is 3.76. The van der Waals surface area contributed by atoms with Gasteiger partial charge in [-0.1, -0.05) is 23.7 Å². The molecule has 1 aromatic heterocycles. The first-order valence-electron chi connectivity index (χ1n) is 7.18. The van der Waals surface area contributed by atoms with Crippen molar-refractivity contribution in [2.45, 2.75) is 26.3 Å². The molecule has 1 aliphatic rings. The molecular formula is C16H19ClN4. The molecule has 0 radical (unpaired) electrons. The van der Waals surface area contributed by atoms with Crippen molar-refractivity contribution >= 4 is 23.1 Å². The van der Waals surface area contributed by atoms with Gasteiger partial charge in [-0.05, 0) is 32.4 Å². The molecule has 0 amide bonds. The fourth-order valence-electron chi connectivity index (χ4n) is 2.75. The predicted octanol–water partition coefficient (Wildman–Crippen LogP) is 3.42. The largest absolute Gasteiger partial charge is 0.370 e. The number of aliphatic imine (C=N–C) groups is 1. The smallest absolute Gasteiger partial charge is 0.133 e. The molecule has 2 heterocycles. The maximum atomic E-state index is 6.15. The topological polar surface area (TPSA) is 42.2 Å². The summed E-state index contributed by atoms with van der Waals surface area (Å²) in [4.78, 5) is 4.93. The second-order valence-electron chi connectivity index (χ2n) is 5.49. The van der Waals surface area contributed by atoms with Gasteiger partial charge >= 0.3 is 0 Å². The maximum Gasteiger partial charge on any atom is 0.133 e. The van der Waals surface area contributed by atoms with E-state index in [1.807, 2.05) is 36.9 Å². The monoisotopic (exact) mass is 302 g/mol. The highest BCUT2D eigenvalue weighted by Crippen LogP contribution is 2.26. The molecule has 0 saturated heterocycles. The Morgan fingerprint density at radius 2 is 2.19 bits per heavy atom. The molecule has 1 N–H and O–H groups in total. The van der Waals surface area contributed by atoms with Gasteiger partial charge in [0.05, 0.1) is 17.0 Å². The van der Waals surface area contributed by atoms with Gasteiger partial charge in [0, 0.05) is 30.2 Å². The molecule has 5 heteroatoms. The number of benzene rings is 1. The first kappa shape index (κ1) is 14.1. The molecular weight excluding hydrogens is 284 g/mol. The highest BCUT2D eigenvalue weighted by Gasteiger charge is 2.22. The molecule has 2 aromatic rings. The number of aryl methyl sites for hydroxylation is 2. The summed E-state index contributed by atoms with van der Waals surface area (Å²) in [5, 5.41) is 8.75. The van der Waals surface area contributed by atoms with Crippen molar-refractivity contribution in [2.75, 3.05) is 11.9 Å². The van der Waals surface area contributed by atoms with Crippen molar-refractivity contribution in [2.24, 2.45) is 12.0 Å². The van der Waals surface area contributed by atoms with Crippen molar-refractivity contribution < 1.29 is 0 Å². The minimum Gasteiger partial charge on any atom is -0.370 e. The standard InChI is InChI=1S/C16H19ClN4/c1-10-7-8-18-16-14(11(2)20-21(16)3)15(19-10)12-5-4-6-13(17)9-12/h4-6,9-10,18H,7-8H2,1-3H3. The van der Waals surface area contributed by atoms with E-state index >= 15 is 0 Å². The van der Waals surface area contributed by atoms with Crippen molar-refractivity contribution in [1.29, 1.82) is 0 Å². The number of anilines is 1. The Morgan fingerprint density at radius 1 is 1.38 bits per heavy atom. The predicted molar refractivity (Wildman–Crippen MR) is 87.6 cm³/mol. The van der Waals surface area contributed by atoms with E-state index in [-0.39, 0.29) is 6.04 Å². The van der Waals surface area contributed by atoms with Crippen molar-refractivity contribution in [3.8, 4) is 0 Å². The Balaban J connectivity index is 2.22. The van der Waals surface area contributed by atoms with Crippen LogP contribution in [0.3, 0.4) is 0 Å². The van der Waals surface area contributed by atoms with Crippen molar-refractivity contribution in [3.63, 3.8) is 0 Å². The number of hydrogen-bond donors (Lipinski definition) is 1. The number of nitrogens with zero attached hydrogens (tertiary/aromatic N) is 3. The van der Waals surface area contributed by atoms with E-state index < -0.39 is 0 Å². The first-order chi connectivity index (χ1) is 10.1. The van der Waals surface area contributed by atoms with Gasteiger partial charge in [-0.15, -0.1) is 0 Å².